The van der Waals surface area contributed by atoms with Crippen molar-refractivity contribution in [3.05, 3.63) is 0 Å². The summed E-state index contributed by atoms with van der Waals surface area (Å²) in [4.78, 5) is 11.8. The Balaban J connectivity index is 2.22. The van der Waals surface area contributed by atoms with Crippen LogP contribution in [0.4, 0.5) is 0 Å². The van der Waals surface area contributed by atoms with E-state index in [1.165, 1.54) is 25.7 Å². The van der Waals surface area contributed by atoms with Gasteiger partial charge < -0.3 is 15.4 Å². The van der Waals surface area contributed by atoms with Crippen molar-refractivity contribution in [3.8, 4) is 0 Å². The normalized spacial score (nSPS) is 25.3. The summed E-state index contributed by atoms with van der Waals surface area (Å²) in [6.07, 6.45) is 4.96. The molecule has 0 radical (unpaired) electrons. The number of hydrogen-bond donors (Lipinski definition) is 2. The number of hydrogen-bond acceptors (Lipinski definition) is 3. The molecule has 0 aromatic rings. The fourth-order valence-corrected chi connectivity index (χ4v) is 2.81. The van der Waals surface area contributed by atoms with E-state index in [4.69, 9.17) is 4.74 Å². The minimum absolute atomic E-state index is 0.0723. The Hall–Kier alpha value is -0.610. The molecule has 0 spiro atoms. The molecule has 0 aliphatic heterocycles. The van der Waals surface area contributed by atoms with Gasteiger partial charge in [0, 0.05) is 19.7 Å². The Morgan fingerprint density at radius 2 is 1.84 bits per heavy atom. The molecule has 1 fully saturated rings. The average molecular weight is 270 g/mol. The molecule has 0 saturated heterocycles. The van der Waals surface area contributed by atoms with Crippen LogP contribution in [0.2, 0.25) is 0 Å². The van der Waals surface area contributed by atoms with Crippen LogP contribution in [0.1, 0.15) is 46.5 Å². The maximum Gasteiger partial charge on any atom is 0.236 e. The van der Waals surface area contributed by atoms with Gasteiger partial charge >= 0.3 is 0 Å². The van der Waals surface area contributed by atoms with E-state index in [2.05, 4.69) is 24.5 Å². The molecule has 112 valence electrons. The van der Waals surface area contributed by atoms with Crippen molar-refractivity contribution in [1.82, 2.24) is 10.6 Å². The number of rotatable bonds is 7. The quantitative estimate of drug-likeness (QED) is 0.695. The molecule has 0 aromatic heterocycles. The van der Waals surface area contributed by atoms with E-state index < -0.39 is 0 Å². The maximum atomic E-state index is 11.8. The molecule has 1 saturated carbocycles. The third kappa shape index (κ3) is 5.91. The molecular weight excluding hydrogens is 240 g/mol. The van der Waals surface area contributed by atoms with Gasteiger partial charge in [0.1, 0.15) is 0 Å². The zero-order valence-electron chi connectivity index (χ0n) is 12.9. The van der Waals surface area contributed by atoms with Crippen LogP contribution in [0.5, 0.6) is 0 Å². The fraction of sp³-hybridized carbons (Fsp3) is 0.933. The Morgan fingerprint density at radius 1 is 1.21 bits per heavy atom. The summed E-state index contributed by atoms with van der Waals surface area (Å²) in [5.41, 5.74) is 0. The highest BCUT2D eigenvalue weighted by molar-refractivity contribution is 5.81. The molecule has 1 aliphatic rings. The van der Waals surface area contributed by atoms with E-state index >= 15 is 0 Å². The summed E-state index contributed by atoms with van der Waals surface area (Å²) in [5.74, 6) is 1.72. The molecule has 4 nitrogen and oxygen atoms in total. The molecule has 1 unspecified atom stereocenters. The van der Waals surface area contributed by atoms with E-state index in [-0.39, 0.29) is 11.9 Å². The lowest BCUT2D eigenvalue weighted by Crippen LogP contribution is -2.48. The van der Waals surface area contributed by atoms with Crippen LogP contribution in [-0.4, -0.2) is 38.3 Å². The summed E-state index contributed by atoms with van der Waals surface area (Å²) in [6.45, 7) is 7.71. The van der Waals surface area contributed by atoms with E-state index in [1.807, 2.05) is 6.92 Å². The Bertz CT molecular complexity index is 261. The van der Waals surface area contributed by atoms with Gasteiger partial charge in [-0.25, -0.2) is 0 Å². The van der Waals surface area contributed by atoms with Gasteiger partial charge in [-0.2, -0.15) is 0 Å². The number of carbonyl (C=O) groups is 1. The standard InChI is InChI=1S/C15H30N2O2/c1-11(2)13-5-7-14(8-6-13)17-12(3)15(18)16-9-10-19-4/h11-14,17H,5-10H2,1-4H3,(H,16,18). The van der Waals surface area contributed by atoms with Crippen LogP contribution in [0.25, 0.3) is 0 Å². The molecule has 1 aliphatic carbocycles. The van der Waals surface area contributed by atoms with Gasteiger partial charge in [0.25, 0.3) is 0 Å². The lowest BCUT2D eigenvalue weighted by atomic mass is 9.79. The summed E-state index contributed by atoms with van der Waals surface area (Å²) >= 11 is 0. The van der Waals surface area contributed by atoms with E-state index in [9.17, 15) is 4.79 Å². The largest absolute Gasteiger partial charge is 0.383 e. The minimum atomic E-state index is -0.113. The third-order valence-corrected chi connectivity index (χ3v) is 4.20. The monoisotopic (exact) mass is 270 g/mol. The predicted molar refractivity (Wildman–Crippen MR) is 78.1 cm³/mol. The van der Waals surface area contributed by atoms with Crippen LogP contribution in [-0.2, 0) is 9.53 Å². The Morgan fingerprint density at radius 3 is 2.37 bits per heavy atom. The summed E-state index contributed by atoms with van der Waals surface area (Å²) < 4.78 is 4.92. The number of methoxy groups -OCH3 is 1. The highest BCUT2D eigenvalue weighted by Crippen LogP contribution is 2.29. The first-order chi connectivity index (χ1) is 9.04. The second-order valence-corrected chi connectivity index (χ2v) is 6.03. The number of nitrogens with one attached hydrogen (secondary N) is 2. The average Bonchev–Trinajstić information content (AvgIpc) is 2.39. The highest BCUT2D eigenvalue weighted by Gasteiger charge is 2.25. The van der Waals surface area contributed by atoms with Crippen LogP contribution in [0, 0.1) is 11.8 Å². The first kappa shape index (κ1) is 16.4. The van der Waals surface area contributed by atoms with Gasteiger partial charge in [0.15, 0.2) is 0 Å². The molecule has 0 heterocycles. The molecule has 1 atom stereocenters. The third-order valence-electron chi connectivity index (χ3n) is 4.20. The van der Waals surface area contributed by atoms with Crippen LogP contribution < -0.4 is 10.6 Å². The zero-order chi connectivity index (χ0) is 14.3. The summed E-state index contributed by atoms with van der Waals surface area (Å²) in [5, 5.41) is 6.33. The second kappa shape index (κ2) is 8.54. The molecule has 0 aromatic carbocycles. The van der Waals surface area contributed by atoms with Crippen LogP contribution in [0.15, 0.2) is 0 Å². The smallest absolute Gasteiger partial charge is 0.236 e. The van der Waals surface area contributed by atoms with Crippen LogP contribution in [0.3, 0.4) is 0 Å². The maximum absolute atomic E-state index is 11.8. The van der Waals surface area contributed by atoms with Gasteiger partial charge in [-0.1, -0.05) is 13.8 Å². The molecule has 1 rings (SSSR count). The first-order valence-corrected chi connectivity index (χ1v) is 7.57. The molecular formula is C15H30N2O2. The number of carbonyl (C=O) groups excluding carboxylic acids is 1. The lowest BCUT2D eigenvalue weighted by Gasteiger charge is -2.32. The molecule has 19 heavy (non-hydrogen) atoms. The fourth-order valence-electron chi connectivity index (χ4n) is 2.81. The van der Waals surface area contributed by atoms with Gasteiger partial charge in [0.2, 0.25) is 5.91 Å². The van der Waals surface area contributed by atoms with Gasteiger partial charge in [-0.05, 0) is 44.4 Å². The Kier molecular flexibility index (Phi) is 7.39. The topological polar surface area (TPSA) is 50.4 Å². The van der Waals surface area contributed by atoms with Crippen molar-refractivity contribution < 1.29 is 9.53 Å². The summed E-state index contributed by atoms with van der Waals surface area (Å²) in [7, 11) is 1.64. The highest BCUT2D eigenvalue weighted by atomic mass is 16.5. The van der Waals surface area contributed by atoms with E-state index in [1.54, 1.807) is 7.11 Å². The van der Waals surface area contributed by atoms with Crippen molar-refractivity contribution in [3.63, 3.8) is 0 Å². The first-order valence-electron chi connectivity index (χ1n) is 7.57. The van der Waals surface area contributed by atoms with Crippen molar-refractivity contribution >= 4 is 5.91 Å². The SMILES string of the molecule is COCCNC(=O)C(C)NC1CCC(C(C)C)CC1. The molecule has 1 amide bonds. The van der Waals surface area contributed by atoms with Crippen molar-refractivity contribution in [1.29, 1.82) is 0 Å². The van der Waals surface area contributed by atoms with Crippen molar-refractivity contribution in [2.24, 2.45) is 11.8 Å². The van der Waals surface area contributed by atoms with E-state index in [0.29, 0.717) is 19.2 Å². The van der Waals surface area contributed by atoms with Crippen molar-refractivity contribution in [2.75, 3.05) is 20.3 Å². The minimum Gasteiger partial charge on any atom is -0.383 e. The Labute approximate surface area is 117 Å². The molecule has 2 N–H and O–H groups in total. The van der Waals surface area contributed by atoms with Gasteiger partial charge in [-0.15, -0.1) is 0 Å². The van der Waals surface area contributed by atoms with Crippen LogP contribution >= 0.6 is 0 Å². The number of amides is 1. The van der Waals surface area contributed by atoms with E-state index in [0.717, 1.165) is 11.8 Å². The van der Waals surface area contributed by atoms with Gasteiger partial charge in [-0.3, -0.25) is 4.79 Å². The zero-order valence-corrected chi connectivity index (χ0v) is 12.9. The summed E-state index contributed by atoms with van der Waals surface area (Å²) in [6, 6.07) is 0.385. The lowest BCUT2D eigenvalue weighted by molar-refractivity contribution is -0.123. The second-order valence-electron chi connectivity index (χ2n) is 6.03. The van der Waals surface area contributed by atoms with Gasteiger partial charge in [0.05, 0.1) is 12.6 Å². The molecule has 0 bridgehead atoms. The number of ether oxygens (including phenoxy) is 1. The molecule has 4 heteroatoms. The van der Waals surface area contributed by atoms with Crippen molar-refractivity contribution in [2.45, 2.75) is 58.5 Å². The predicted octanol–water partition coefficient (Wildman–Crippen LogP) is 1.94.